The third-order valence-corrected chi connectivity index (χ3v) is 7.12. The van der Waals surface area contributed by atoms with Crippen LogP contribution in [0.25, 0.3) is 10.9 Å². The zero-order chi connectivity index (χ0) is 26.9. The summed E-state index contributed by atoms with van der Waals surface area (Å²) in [5, 5.41) is 4.14. The molecule has 1 aliphatic heterocycles. The van der Waals surface area contributed by atoms with Crippen LogP contribution >= 0.6 is 0 Å². The molecule has 1 fully saturated rings. The molecule has 4 aromatic rings. The van der Waals surface area contributed by atoms with Crippen molar-refractivity contribution >= 4 is 38.5 Å². The van der Waals surface area contributed by atoms with Gasteiger partial charge in [0.2, 0.25) is 21.9 Å². The molecule has 5 rings (SSSR count). The molecule has 0 aliphatic carbocycles. The molecule has 0 bridgehead atoms. The van der Waals surface area contributed by atoms with Crippen molar-refractivity contribution < 1.29 is 17.9 Å². The number of nitrogens with one attached hydrogen (secondary N) is 3. The Morgan fingerprint density at radius 2 is 1.82 bits per heavy atom. The van der Waals surface area contributed by atoms with E-state index in [-0.39, 0.29) is 11.9 Å². The second-order valence-corrected chi connectivity index (χ2v) is 11.4. The zero-order valence-electron chi connectivity index (χ0n) is 21.5. The number of benzene rings is 2. The van der Waals surface area contributed by atoms with Gasteiger partial charge in [0.15, 0.2) is 0 Å². The van der Waals surface area contributed by atoms with Crippen molar-refractivity contribution in [3.8, 4) is 11.6 Å². The summed E-state index contributed by atoms with van der Waals surface area (Å²) in [5.41, 5.74) is 3.77. The van der Waals surface area contributed by atoms with Gasteiger partial charge >= 0.3 is 0 Å². The molecule has 1 saturated heterocycles. The van der Waals surface area contributed by atoms with Gasteiger partial charge in [-0.05, 0) is 62.1 Å². The highest BCUT2D eigenvalue weighted by molar-refractivity contribution is 7.92. The molecule has 0 unspecified atom stereocenters. The van der Waals surface area contributed by atoms with Crippen LogP contribution in [0.4, 0.5) is 11.6 Å². The van der Waals surface area contributed by atoms with Gasteiger partial charge in [0.1, 0.15) is 11.4 Å². The number of carbonyl (C=O) groups is 1. The Hall–Kier alpha value is -4.12. The predicted molar refractivity (Wildman–Crippen MR) is 147 cm³/mol. The normalized spacial score (nSPS) is 14.4. The number of rotatable bonds is 7. The summed E-state index contributed by atoms with van der Waals surface area (Å²) in [7, 11) is -3.38. The Kier molecular flexibility index (Phi) is 6.94. The second-order valence-electron chi connectivity index (χ2n) is 9.61. The molecule has 0 spiro atoms. The minimum atomic E-state index is -3.38. The second kappa shape index (κ2) is 10.3. The molecular weight excluding hydrogens is 504 g/mol. The summed E-state index contributed by atoms with van der Waals surface area (Å²) >= 11 is 0. The van der Waals surface area contributed by atoms with Crippen molar-refractivity contribution in [1.29, 1.82) is 0 Å². The minimum Gasteiger partial charge on any atom is -0.438 e. The standard InChI is InChI=1S/C27H30N6O4S/c1-17-5-4-6-18(2)25(17)37-24-9-12-28-27(31-24)29-20-10-13-33(14-11-20)26(34)23-16-19-15-21(32-38(3,35)36)7-8-22(19)30-23/h4-9,12,15-16,20,30,32H,10-11,13-14H2,1-3H3,(H,28,29,31). The van der Waals surface area contributed by atoms with Gasteiger partial charge in [-0.25, -0.2) is 13.4 Å². The molecule has 10 nitrogen and oxygen atoms in total. The average Bonchev–Trinajstić information content (AvgIpc) is 3.29. The molecule has 0 atom stereocenters. The van der Waals surface area contributed by atoms with E-state index < -0.39 is 10.0 Å². The number of para-hydroxylation sites is 1. The number of hydrogen-bond acceptors (Lipinski definition) is 7. The van der Waals surface area contributed by atoms with E-state index in [0.717, 1.165) is 46.9 Å². The van der Waals surface area contributed by atoms with E-state index in [4.69, 9.17) is 4.74 Å². The first-order valence-corrected chi connectivity index (χ1v) is 14.3. The van der Waals surface area contributed by atoms with Gasteiger partial charge in [-0.15, -0.1) is 0 Å². The first-order valence-electron chi connectivity index (χ1n) is 12.4. The van der Waals surface area contributed by atoms with E-state index in [9.17, 15) is 13.2 Å². The smallest absolute Gasteiger partial charge is 0.270 e. The Morgan fingerprint density at radius 1 is 1.08 bits per heavy atom. The van der Waals surface area contributed by atoms with E-state index in [1.54, 1.807) is 36.5 Å². The Balaban J connectivity index is 1.19. The maximum Gasteiger partial charge on any atom is 0.270 e. The number of amides is 1. The number of aromatic nitrogens is 3. The van der Waals surface area contributed by atoms with Crippen molar-refractivity contribution in [2.45, 2.75) is 32.7 Å². The molecule has 0 radical (unpaired) electrons. The number of hydrogen-bond donors (Lipinski definition) is 3. The summed E-state index contributed by atoms with van der Waals surface area (Å²) < 4.78 is 31.5. The van der Waals surface area contributed by atoms with E-state index in [2.05, 4.69) is 25.0 Å². The Bertz CT molecular complexity index is 1570. The summed E-state index contributed by atoms with van der Waals surface area (Å²) in [6, 6.07) is 14.7. The highest BCUT2D eigenvalue weighted by Crippen LogP contribution is 2.28. The molecule has 11 heteroatoms. The molecule has 198 valence electrons. The average molecular weight is 535 g/mol. The molecule has 2 aromatic heterocycles. The third-order valence-electron chi connectivity index (χ3n) is 6.52. The van der Waals surface area contributed by atoms with Crippen LogP contribution in [0.1, 0.15) is 34.5 Å². The van der Waals surface area contributed by atoms with E-state index in [1.165, 1.54) is 0 Å². The van der Waals surface area contributed by atoms with Crippen molar-refractivity contribution in [3.63, 3.8) is 0 Å². The van der Waals surface area contributed by atoms with Gasteiger partial charge in [0, 0.05) is 48.0 Å². The van der Waals surface area contributed by atoms with Gasteiger partial charge < -0.3 is 19.9 Å². The lowest BCUT2D eigenvalue weighted by molar-refractivity contribution is 0.0713. The van der Waals surface area contributed by atoms with Gasteiger partial charge in [-0.3, -0.25) is 9.52 Å². The highest BCUT2D eigenvalue weighted by atomic mass is 32.2. The quantitative estimate of drug-likeness (QED) is 0.319. The molecule has 1 aliphatic rings. The number of aromatic amines is 1. The summed E-state index contributed by atoms with van der Waals surface area (Å²) in [6.45, 7) is 5.18. The SMILES string of the molecule is Cc1cccc(C)c1Oc1ccnc(NC2CCN(C(=O)c3cc4cc(NS(C)(=O)=O)ccc4[nH]3)CC2)n1. The van der Waals surface area contributed by atoms with Gasteiger partial charge in [0.05, 0.1) is 6.26 Å². The summed E-state index contributed by atoms with van der Waals surface area (Å²) in [6.07, 6.45) is 4.27. The molecule has 0 saturated carbocycles. The number of anilines is 2. The lowest BCUT2D eigenvalue weighted by Crippen LogP contribution is -2.42. The van der Waals surface area contributed by atoms with Gasteiger partial charge in [-0.2, -0.15) is 4.98 Å². The third kappa shape index (κ3) is 5.88. The van der Waals surface area contributed by atoms with E-state index >= 15 is 0 Å². The van der Waals surface area contributed by atoms with Crippen LogP contribution < -0.4 is 14.8 Å². The molecule has 3 N–H and O–H groups in total. The topological polar surface area (TPSA) is 129 Å². The van der Waals surface area contributed by atoms with Crippen LogP contribution in [0.5, 0.6) is 11.6 Å². The van der Waals surface area contributed by atoms with E-state index in [0.29, 0.717) is 36.3 Å². The number of likely N-dealkylation sites (tertiary alicyclic amines) is 1. The molecule has 38 heavy (non-hydrogen) atoms. The van der Waals surface area contributed by atoms with Crippen LogP contribution in [0, 0.1) is 13.8 Å². The lowest BCUT2D eigenvalue weighted by Gasteiger charge is -2.32. The predicted octanol–water partition coefficient (Wildman–Crippen LogP) is 4.46. The van der Waals surface area contributed by atoms with Gasteiger partial charge in [-0.1, -0.05) is 18.2 Å². The monoisotopic (exact) mass is 534 g/mol. The number of sulfonamides is 1. The molecule has 3 heterocycles. The van der Waals surface area contributed by atoms with Crippen molar-refractivity contribution in [2.24, 2.45) is 0 Å². The molecule has 1 amide bonds. The van der Waals surface area contributed by atoms with E-state index in [1.807, 2.05) is 36.9 Å². The first kappa shape index (κ1) is 25.5. The van der Waals surface area contributed by atoms with Crippen LogP contribution in [0.15, 0.2) is 54.7 Å². The summed E-state index contributed by atoms with van der Waals surface area (Å²) in [5.74, 6) is 1.68. The van der Waals surface area contributed by atoms with Crippen LogP contribution in [0.2, 0.25) is 0 Å². The fourth-order valence-electron chi connectivity index (χ4n) is 4.64. The van der Waals surface area contributed by atoms with Crippen molar-refractivity contribution in [3.05, 3.63) is 71.5 Å². The van der Waals surface area contributed by atoms with Crippen molar-refractivity contribution in [2.75, 3.05) is 29.4 Å². The number of piperidine rings is 1. The Labute approximate surface area is 221 Å². The number of carbonyl (C=O) groups excluding carboxylic acids is 1. The fraction of sp³-hybridized carbons (Fsp3) is 0.296. The van der Waals surface area contributed by atoms with Crippen LogP contribution in [0.3, 0.4) is 0 Å². The molecular formula is C27H30N6O4S. The fourth-order valence-corrected chi connectivity index (χ4v) is 5.19. The lowest BCUT2D eigenvalue weighted by atomic mass is 10.0. The molecule has 2 aromatic carbocycles. The number of nitrogens with zero attached hydrogens (tertiary/aromatic N) is 3. The zero-order valence-corrected chi connectivity index (χ0v) is 22.3. The minimum absolute atomic E-state index is 0.0856. The number of fused-ring (bicyclic) bond motifs is 1. The van der Waals surface area contributed by atoms with Crippen LogP contribution in [-0.4, -0.2) is 59.6 Å². The largest absolute Gasteiger partial charge is 0.438 e. The van der Waals surface area contributed by atoms with Crippen LogP contribution in [-0.2, 0) is 10.0 Å². The van der Waals surface area contributed by atoms with Gasteiger partial charge in [0.25, 0.3) is 5.91 Å². The maximum atomic E-state index is 13.1. The first-order chi connectivity index (χ1) is 18.1. The Morgan fingerprint density at radius 3 is 2.53 bits per heavy atom. The highest BCUT2D eigenvalue weighted by Gasteiger charge is 2.25. The maximum absolute atomic E-state index is 13.1. The van der Waals surface area contributed by atoms with Crippen molar-refractivity contribution in [1.82, 2.24) is 19.9 Å². The number of ether oxygens (including phenoxy) is 1. The number of aryl methyl sites for hydroxylation is 2. The number of H-pyrrole nitrogens is 1. The summed E-state index contributed by atoms with van der Waals surface area (Å²) in [4.78, 5) is 27.0.